The third-order valence-corrected chi connectivity index (χ3v) is 6.99. The summed E-state index contributed by atoms with van der Waals surface area (Å²) in [6.07, 6.45) is 5.00. The Kier molecular flexibility index (Phi) is 4.81. The highest BCUT2D eigenvalue weighted by Crippen LogP contribution is 2.41. The molecule has 0 saturated carbocycles. The van der Waals surface area contributed by atoms with Gasteiger partial charge in [0.15, 0.2) is 0 Å². The quantitative estimate of drug-likeness (QED) is 0.903. The maximum Gasteiger partial charge on any atom is 0.232 e. The maximum absolute atomic E-state index is 13.6. The average molecular weight is 363 g/mol. The lowest BCUT2D eigenvalue weighted by molar-refractivity contribution is -0.139. The van der Waals surface area contributed by atoms with Gasteiger partial charge in [-0.05, 0) is 55.7 Å². The van der Waals surface area contributed by atoms with Crippen LogP contribution in [-0.4, -0.2) is 30.4 Å². The third-order valence-electron chi connectivity index (χ3n) is 6.99. The van der Waals surface area contributed by atoms with Gasteiger partial charge < -0.3 is 10.6 Å². The fraction of sp³-hybridized carbons (Fsp3) is 0.458. The molecule has 4 rings (SSSR count). The number of fused-ring (bicyclic) bond motifs is 1. The van der Waals surface area contributed by atoms with Crippen LogP contribution in [0.2, 0.25) is 0 Å². The van der Waals surface area contributed by atoms with Gasteiger partial charge in [0.25, 0.3) is 0 Å². The summed E-state index contributed by atoms with van der Waals surface area (Å²) in [6.45, 7) is 4.37. The van der Waals surface area contributed by atoms with E-state index in [1.54, 1.807) is 0 Å². The minimum Gasteiger partial charge on any atom is -0.342 e. The molecule has 1 aliphatic carbocycles. The summed E-state index contributed by atoms with van der Waals surface area (Å²) >= 11 is 0. The Bertz CT molecular complexity index is 808. The molecular weight excluding hydrogens is 332 g/mol. The molecule has 3 nitrogen and oxygen atoms in total. The van der Waals surface area contributed by atoms with Gasteiger partial charge in [0.2, 0.25) is 5.91 Å². The lowest BCUT2D eigenvalue weighted by Crippen LogP contribution is -2.53. The largest absolute Gasteiger partial charge is 0.342 e. The summed E-state index contributed by atoms with van der Waals surface area (Å²) in [6, 6.07) is 19.1. The molecule has 1 amide bonds. The first-order valence-corrected chi connectivity index (χ1v) is 10.2. The molecule has 1 aliphatic heterocycles. The van der Waals surface area contributed by atoms with Crippen molar-refractivity contribution >= 4 is 5.91 Å². The van der Waals surface area contributed by atoms with Crippen molar-refractivity contribution in [3.05, 3.63) is 71.3 Å². The first-order chi connectivity index (χ1) is 13.1. The summed E-state index contributed by atoms with van der Waals surface area (Å²) < 4.78 is 0. The van der Waals surface area contributed by atoms with Crippen LogP contribution in [-0.2, 0) is 22.0 Å². The van der Waals surface area contributed by atoms with Crippen LogP contribution < -0.4 is 5.73 Å². The average Bonchev–Trinajstić information content (AvgIpc) is 2.74. The summed E-state index contributed by atoms with van der Waals surface area (Å²) in [5.41, 5.74) is 9.73. The zero-order chi connectivity index (χ0) is 18.9. The second-order valence-corrected chi connectivity index (χ2v) is 8.49. The number of rotatable bonds is 3. The van der Waals surface area contributed by atoms with Crippen molar-refractivity contribution in [1.82, 2.24) is 4.90 Å². The highest BCUT2D eigenvalue weighted by Gasteiger charge is 2.44. The lowest BCUT2D eigenvalue weighted by Gasteiger charge is -2.45. The molecule has 1 unspecified atom stereocenters. The summed E-state index contributed by atoms with van der Waals surface area (Å²) in [4.78, 5) is 15.7. The number of amides is 1. The van der Waals surface area contributed by atoms with Crippen LogP contribution in [0.3, 0.4) is 0 Å². The molecule has 27 heavy (non-hydrogen) atoms. The Balaban J connectivity index is 1.54. The molecule has 2 aromatic rings. The van der Waals surface area contributed by atoms with E-state index in [1.807, 2.05) is 6.07 Å². The molecule has 0 spiro atoms. The number of likely N-dealkylation sites (tertiary alicyclic amines) is 1. The van der Waals surface area contributed by atoms with Gasteiger partial charge in [-0.1, -0.05) is 54.6 Å². The van der Waals surface area contributed by atoms with Gasteiger partial charge in [0.05, 0.1) is 5.41 Å². The van der Waals surface area contributed by atoms with E-state index in [9.17, 15) is 4.79 Å². The Labute approximate surface area is 162 Å². The van der Waals surface area contributed by atoms with Crippen LogP contribution in [0.5, 0.6) is 0 Å². The number of carbonyl (C=O) groups excluding carboxylic acids is 1. The van der Waals surface area contributed by atoms with E-state index in [-0.39, 0.29) is 10.8 Å². The van der Waals surface area contributed by atoms with Crippen LogP contribution in [0.1, 0.15) is 49.3 Å². The molecule has 0 aromatic heterocycles. The number of aryl methyl sites for hydroxylation is 1. The van der Waals surface area contributed by atoms with E-state index in [4.69, 9.17) is 5.73 Å². The van der Waals surface area contributed by atoms with Crippen LogP contribution in [0.4, 0.5) is 0 Å². The van der Waals surface area contributed by atoms with E-state index in [0.717, 1.165) is 45.2 Å². The number of nitrogens with zero attached hydrogens (tertiary/aromatic N) is 1. The van der Waals surface area contributed by atoms with Gasteiger partial charge in [-0.25, -0.2) is 0 Å². The molecule has 1 atom stereocenters. The molecule has 2 aromatic carbocycles. The summed E-state index contributed by atoms with van der Waals surface area (Å²) in [5.74, 6) is 0.299. The fourth-order valence-electron chi connectivity index (χ4n) is 5.15. The number of carbonyl (C=O) groups is 1. The summed E-state index contributed by atoms with van der Waals surface area (Å²) in [5, 5.41) is 0. The minimum atomic E-state index is -0.385. The van der Waals surface area contributed by atoms with E-state index < -0.39 is 0 Å². The molecule has 0 bridgehead atoms. The zero-order valence-electron chi connectivity index (χ0n) is 16.3. The smallest absolute Gasteiger partial charge is 0.232 e. The van der Waals surface area contributed by atoms with Gasteiger partial charge in [-0.2, -0.15) is 0 Å². The van der Waals surface area contributed by atoms with Crippen molar-refractivity contribution in [2.45, 2.75) is 49.9 Å². The predicted molar refractivity (Wildman–Crippen MR) is 110 cm³/mol. The van der Waals surface area contributed by atoms with Crippen molar-refractivity contribution < 1.29 is 4.79 Å². The predicted octanol–water partition coefficient (Wildman–Crippen LogP) is 3.80. The Morgan fingerprint density at radius 3 is 2.37 bits per heavy atom. The molecule has 142 valence electrons. The molecule has 0 radical (unpaired) electrons. The van der Waals surface area contributed by atoms with Crippen molar-refractivity contribution in [2.75, 3.05) is 19.6 Å². The normalized spacial score (nSPS) is 24.3. The second-order valence-electron chi connectivity index (χ2n) is 8.49. The number of hydrogen-bond acceptors (Lipinski definition) is 2. The monoisotopic (exact) mass is 362 g/mol. The van der Waals surface area contributed by atoms with Gasteiger partial charge >= 0.3 is 0 Å². The lowest BCUT2D eigenvalue weighted by atomic mass is 9.69. The second kappa shape index (κ2) is 7.12. The molecule has 1 heterocycles. The molecule has 2 N–H and O–H groups in total. The van der Waals surface area contributed by atoms with Gasteiger partial charge in [0, 0.05) is 25.0 Å². The third kappa shape index (κ3) is 3.08. The van der Waals surface area contributed by atoms with Crippen LogP contribution in [0, 0.1) is 0 Å². The van der Waals surface area contributed by atoms with Crippen molar-refractivity contribution in [3.63, 3.8) is 0 Å². The number of piperidine rings is 1. The highest BCUT2D eigenvalue weighted by molar-refractivity contribution is 5.88. The Morgan fingerprint density at radius 2 is 1.67 bits per heavy atom. The van der Waals surface area contributed by atoms with E-state index in [0.29, 0.717) is 12.5 Å². The van der Waals surface area contributed by atoms with E-state index in [2.05, 4.69) is 60.4 Å². The van der Waals surface area contributed by atoms with E-state index >= 15 is 0 Å². The van der Waals surface area contributed by atoms with Crippen LogP contribution in [0.25, 0.3) is 0 Å². The minimum absolute atomic E-state index is 0.00339. The number of hydrogen-bond donors (Lipinski definition) is 1. The topological polar surface area (TPSA) is 46.3 Å². The first-order valence-electron chi connectivity index (χ1n) is 10.2. The van der Waals surface area contributed by atoms with Crippen LogP contribution in [0.15, 0.2) is 54.6 Å². The fourth-order valence-corrected chi connectivity index (χ4v) is 5.15. The molecule has 1 fully saturated rings. The van der Waals surface area contributed by atoms with Gasteiger partial charge in [0.1, 0.15) is 0 Å². The zero-order valence-corrected chi connectivity index (χ0v) is 16.3. The van der Waals surface area contributed by atoms with Gasteiger partial charge in [-0.3, -0.25) is 4.79 Å². The molecule has 2 aliphatic rings. The standard InChI is InChI=1S/C24H30N2O/c1-23(13-7-9-19-8-5-6-12-21(19)23)22(27)26-16-14-24(18-25,15-17-26)20-10-3-2-4-11-20/h2-6,8,10-12H,7,9,13-18,25H2,1H3. The molecule has 3 heteroatoms. The van der Waals surface area contributed by atoms with Gasteiger partial charge in [-0.15, -0.1) is 0 Å². The van der Waals surface area contributed by atoms with Crippen molar-refractivity contribution in [2.24, 2.45) is 5.73 Å². The SMILES string of the molecule is CC1(C(=O)N2CCC(CN)(c3ccccc3)CC2)CCCc2ccccc21. The van der Waals surface area contributed by atoms with Crippen LogP contribution >= 0.6 is 0 Å². The Morgan fingerprint density at radius 1 is 1.00 bits per heavy atom. The summed E-state index contributed by atoms with van der Waals surface area (Å²) in [7, 11) is 0. The molecule has 1 saturated heterocycles. The highest BCUT2D eigenvalue weighted by atomic mass is 16.2. The number of nitrogens with two attached hydrogens (primary N) is 1. The van der Waals surface area contributed by atoms with E-state index in [1.165, 1.54) is 16.7 Å². The number of benzene rings is 2. The Hall–Kier alpha value is -2.13. The first kappa shape index (κ1) is 18.2. The molecular formula is C24H30N2O. The maximum atomic E-state index is 13.6. The van der Waals surface area contributed by atoms with Crippen molar-refractivity contribution in [1.29, 1.82) is 0 Å². The van der Waals surface area contributed by atoms with Crippen molar-refractivity contribution in [3.8, 4) is 0 Å².